The number of Topliss-reactive ketones (excluding diaryl/α,β-unsaturated/α-hetero) is 1. The van der Waals surface area contributed by atoms with Gasteiger partial charge in [0.2, 0.25) is 0 Å². The van der Waals surface area contributed by atoms with E-state index in [-0.39, 0.29) is 0 Å². The van der Waals surface area contributed by atoms with Gasteiger partial charge in [0, 0.05) is 0 Å². The summed E-state index contributed by atoms with van der Waals surface area (Å²) in [7, 11) is 0. The number of rotatable bonds is 1. The molecule has 0 aliphatic rings. The van der Waals surface area contributed by atoms with Gasteiger partial charge < -0.3 is 0 Å². The van der Waals surface area contributed by atoms with E-state index >= 15 is 0 Å². The molecule has 0 spiro atoms. The zero-order chi connectivity index (χ0) is 11.8. The standard InChI is InChI=1S/C8H2ClF5O/c9-6-4(11)2-1-3(10)5(6)7(15)8(12,13)14/h1-2H. The van der Waals surface area contributed by atoms with Gasteiger partial charge in [0.05, 0.1) is 10.6 Å². The highest BCUT2D eigenvalue weighted by Crippen LogP contribution is 2.29. The van der Waals surface area contributed by atoms with Crippen molar-refractivity contribution in [2.75, 3.05) is 0 Å². The molecule has 0 aromatic heterocycles. The lowest BCUT2D eigenvalue weighted by Gasteiger charge is -2.08. The van der Waals surface area contributed by atoms with Crippen LogP contribution in [0, 0.1) is 11.6 Å². The Labute approximate surface area is 85.5 Å². The molecule has 0 amide bonds. The van der Waals surface area contributed by atoms with E-state index in [0.717, 1.165) is 0 Å². The largest absolute Gasteiger partial charge is 0.455 e. The normalized spacial score (nSPS) is 11.6. The molecule has 1 aromatic carbocycles. The van der Waals surface area contributed by atoms with Crippen molar-refractivity contribution in [3.05, 3.63) is 34.4 Å². The van der Waals surface area contributed by atoms with E-state index in [2.05, 4.69) is 0 Å². The smallest absolute Gasteiger partial charge is 0.284 e. The summed E-state index contributed by atoms with van der Waals surface area (Å²) >= 11 is 5.06. The van der Waals surface area contributed by atoms with E-state index in [1.165, 1.54) is 0 Å². The molecule has 0 radical (unpaired) electrons. The van der Waals surface area contributed by atoms with Crippen LogP contribution in [-0.2, 0) is 0 Å². The zero-order valence-electron chi connectivity index (χ0n) is 6.83. The number of carbonyl (C=O) groups excluding carboxylic acids is 1. The van der Waals surface area contributed by atoms with Gasteiger partial charge in [-0.15, -0.1) is 0 Å². The Bertz CT molecular complexity index is 412. The van der Waals surface area contributed by atoms with Gasteiger partial charge in [0.15, 0.2) is 0 Å². The number of carbonyl (C=O) groups is 1. The van der Waals surface area contributed by atoms with E-state index in [4.69, 9.17) is 11.6 Å². The molecule has 0 bridgehead atoms. The van der Waals surface area contributed by atoms with Crippen molar-refractivity contribution in [3.63, 3.8) is 0 Å². The Morgan fingerprint density at radius 3 is 2.07 bits per heavy atom. The lowest BCUT2D eigenvalue weighted by atomic mass is 10.1. The van der Waals surface area contributed by atoms with Crippen LogP contribution in [0.3, 0.4) is 0 Å². The third kappa shape index (κ3) is 2.26. The summed E-state index contributed by atoms with van der Waals surface area (Å²) in [4.78, 5) is 10.6. The van der Waals surface area contributed by atoms with E-state index in [9.17, 15) is 26.7 Å². The third-order valence-electron chi connectivity index (χ3n) is 1.53. The molecule has 1 rings (SSSR count). The van der Waals surface area contributed by atoms with Crippen LogP contribution in [0.5, 0.6) is 0 Å². The first-order valence-corrected chi connectivity index (χ1v) is 3.88. The van der Waals surface area contributed by atoms with E-state index < -0.39 is 34.2 Å². The molecule has 0 saturated heterocycles. The topological polar surface area (TPSA) is 17.1 Å². The fourth-order valence-electron chi connectivity index (χ4n) is 0.877. The molecule has 82 valence electrons. The van der Waals surface area contributed by atoms with Crippen molar-refractivity contribution in [1.29, 1.82) is 0 Å². The summed E-state index contributed by atoms with van der Waals surface area (Å²) in [6.07, 6.45) is -5.29. The molecule has 15 heavy (non-hydrogen) atoms. The Hall–Kier alpha value is -1.17. The van der Waals surface area contributed by atoms with Gasteiger partial charge in [-0.1, -0.05) is 11.6 Å². The highest BCUT2D eigenvalue weighted by Gasteiger charge is 2.42. The molecular weight excluding hydrogens is 243 g/mol. The summed E-state index contributed by atoms with van der Waals surface area (Å²) in [6.45, 7) is 0. The highest BCUT2D eigenvalue weighted by molar-refractivity contribution is 6.34. The predicted molar refractivity (Wildman–Crippen MR) is 41.8 cm³/mol. The average molecular weight is 245 g/mol. The van der Waals surface area contributed by atoms with Crippen LogP contribution in [0.15, 0.2) is 12.1 Å². The molecule has 7 heteroatoms. The second-order valence-corrected chi connectivity index (χ2v) is 2.92. The number of alkyl halides is 3. The van der Waals surface area contributed by atoms with Crippen LogP contribution in [0.4, 0.5) is 22.0 Å². The van der Waals surface area contributed by atoms with Crippen LogP contribution in [-0.4, -0.2) is 12.0 Å². The maximum atomic E-state index is 12.8. The lowest BCUT2D eigenvalue weighted by Crippen LogP contribution is -2.24. The van der Waals surface area contributed by atoms with E-state index in [1.807, 2.05) is 0 Å². The van der Waals surface area contributed by atoms with Crippen molar-refractivity contribution in [2.24, 2.45) is 0 Å². The highest BCUT2D eigenvalue weighted by atomic mass is 35.5. The molecular formula is C8H2ClF5O. The van der Waals surface area contributed by atoms with Crippen molar-refractivity contribution >= 4 is 17.4 Å². The van der Waals surface area contributed by atoms with Gasteiger partial charge in [-0.25, -0.2) is 8.78 Å². The summed E-state index contributed by atoms with van der Waals surface area (Å²) < 4.78 is 61.3. The summed E-state index contributed by atoms with van der Waals surface area (Å²) in [6, 6.07) is 0.936. The van der Waals surface area contributed by atoms with E-state index in [0.29, 0.717) is 12.1 Å². The lowest BCUT2D eigenvalue weighted by molar-refractivity contribution is -0.0887. The van der Waals surface area contributed by atoms with E-state index in [1.54, 1.807) is 0 Å². The molecule has 1 nitrogen and oxygen atoms in total. The second kappa shape index (κ2) is 3.77. The molecule has 0 aliphatic carbocycles. The van der Waals surface area contributed by atoms with Gasteiger partial charge in [0.25, 0.3) is 5.78 Å². The fraction of sp³-hybridized carbons (Fsp3) is 0.125. The number of hydrogen-bond donors (Lipinski definition) is 0. The minimum Gasteiger partial charge on any atom is -0.284 e. The predicted octanol–water partition coefficient (Wildman–Crippen LogP) is 3.36. The monoisotopic (exact) mass is 244 g/mol. The average Bonchev–Trinajstić information content (AvgIpc) is 2.10. The van der Waals surface area contributed by atoms with Crippen LogP contribution in [0.1, 0.15) is 10.4 Å². The Morgan fingerprint density at radius 1 is 1.13 bits per heavy atom. The summed E-state index contributed by atoms with van der Waals surface area (Å²) in [5, 5.41) is -1.17. The van der Waals surface area contributed by atoms with Crippen molar-refractivity contribution in [1.82, 2.24) is 0 Å². The first kappa shape index (κ1) is 11.9. The minimum absolute atomic E-state index is 0.403. The first-order chi connectivity index (χ1) is 6.75. The SMILES string of the molecule is O=C(c1c(F)ccc(F)c1Cl)C(F)(F)F. The minimum atomic E-state index is -5.29. The molecule has 0 heterocycles. The van der Waals surface area contributed by atoms with Crippen molar-refractivity contribution in [3.8, 4) is 0 Å². The number of ketones is 1. The Balaban J connectivity index is 3.38. The Kier molecular flexibility index (Phi) is 2.99. The number of halogens is 6. The Morgan fingerprint density at radius 2 is 1.60 bits per heavy atom. The molecule has 0 N–H and O–H groups in total. The molecule has 0 unspecified atom stereocenters. The van der Waals surface area contributed by atoms with Crippen molar-refractivity contribution < 1.29 is 26.7 Å². The summed E-state index contributed by atoms with van der Waals surface area (Å²) in [5.74, 6) is -5.31. The van der Waals surface area contributed by atoms with Crippen molar-refractivity contribution in [2.45, 2.75) is 6.18 Å². The van der Waals surface area contributed by atoms with Crippen LogP contribution < -0.4 is 0 Å². The van der Waals surface area contributed by atoms with Gasteiger partial charge in [0.1, 0.15) is 11.6 Å². The van der Waals surface area contributed by atoms with Crippen LogP contribution in [0.25, 0.3) is 0 Å². The fourth-order valence-corrected chi connectivity index (χ4v) is 1.12. The quantitative estimate of drug-likeness (QED) is 0.421. The summed E-state index contributed by atoms with van der Waals surface area (Å²) in [5.41, 5.74) is -1.50. The van der Waals surface area contributed by atoms with Gasteiger partial charge in [-0.2, -0.15) is 13.2 Å². The van der Waals surface area contributed by atoms with Crippen LogP contribution in [0.2, 0.25) is 5.02 Å². The first-order valence-electron chi connectivity index (χ1n) is 3.50. The molecule has 0 atom stereocenters. The maximum Gasteiger partial charge on any atom is 0.455 e. The zero-order valence-corrected chi connectivity index (χ0v) is 7.59. The number of hydrogen-bond acceptors (Lipinski definition) is 1. The maximum absolute atomic E-state index is 12.8. The van der Waals surface area contributed by atoms with Gasteiger partial charge in [-0.05, 0) is 12.1 Å². The van der Waals surface area contributed by atoms with Crippen LogP contribution >= 0.6 is 11.6 Å². The molecule has 0 aliphatic heterocycles. The third-order valence-corrected chi connectivity index (χ3v) is 1.90. The molecule has 1 aromatic rings. The number of benzene rings is 1. The van der Waals surface area contributed by atoms with Gasteiger partial charge in [-0.3, -0.25) is 4.79 Å². The second-order valence-electron chi connectivity index (χ2n) is 2.55. The van der Waals surface area contributed by atoms with Gasteiger partial charge >= 0.3 is 6.18 Å². The molecule has 0 fully saturated rings. The molecule has 0 saturated carbocycles.